The van der Waals surface area contributed by atoms with Gasteiger partial charge < -0.3 is 15.3 Å². The van der Waals surface area contributed by atoms with Crippen molar-refractivity contribution in [2.75, 3.05) is 30.4 Å². The minimum absolute atomic E-state index is 0.0427. The van der Waals surface area contributed by atoms with Gasteiger partial charge in [-0.25, -0.2) is 13.4 Å². The summed E-state index contributed by atoms with van der Waals surface area (Å²) in [5.41, 5.74) is 0.961. The number of benzene rings is 1. The quantitative estimate of drug-likeness (QED) is 0.540. The average molecular weight is 580 g/mol. The molecule has 3 aliphatic carbocycles. The summed E-state index contributed by atoms with van der Waals surface area (Å²) in [7, 11) is -1.26. The molecule has 5 aliphatic rings. The summed E-state index contributed by atoms with van der Waals surface area (Å²) in [5.74, 6) is 1.07. The van der Waals surface area contributed by atoms with Crippen LogP contribution in [0.3, 0.4) is 0 Å². The van der Waals surface area contributed by atoms with E-state index >= 15 is 0 Å². The van der Waals surface area contributed by atoms with Gasteiger partial charge in [-0.15, -0.1) is 0 Å². The molecule has 9 nitrogen and oxygen atoms in total. The van der Waals surface area contributed by atoms with Gasteiger partial charge in [0.15, 0.2) is 9.84 Å². The summed E-state index contributed by atoms with van der Waals surface area (Å²) < 4.78 is 27.0. The number of hydrogen-bond acceptors (Lipinski definition) is 8. The number of aliphatic hydroxyl groups is 1. The second-order valence-corrected chi connectivity index (χ2v) is 16.2. The van der Waals surface area contributed by atoms with Gasteiger partial charge in [-0.3, -0.25) is 9.69 Å². The number of carbonyl (C=O) groups is 1. The first-order valence-electron chi connectivity index (χ1n) is 15.2. The van der Waals surface area contributed by atoms with Crippen LogP contribution in [-0.4, -0.2) is 71.3 Å². The second kappa shape index (κ2) is 9.22. The van der Waals surface area contributed by atoms with Gasteiger partial charge in [-0.2, -0.15) is 4.98 Å². The van der Waals surface area contributed by atoms with E-state index in [9.17, 15) is 18.3 Å². The fourth-order valence-corrected chi connectivity index (χ4v) is 10.5. The molecule has 4 fully saturated rings. The van der Waals surface area contributed by atoms with Gasteiger partial charge in [0, 0.05) is 23.5 Å². The lowest BCUT2D eigenvalue weighted by Gasteiger charge is -2.51. The Kier molecular flexibility index (Phi) is 6.13. The van der Waals surface area contributed by atoms with Gasteiger partial charge in [0.1, 0.15) is 5.82 Å². The van der Waals surface area contributed by atoms with Crippen molar-refractivity contribution < 1.29 is 18.3 Å². The van der Waals surface area contributed by atoms with Crippen LogP contribution in [0.5, 0.6) is 0 Å². The van der Waals surface area contributed by atoms with Crippen LogP contribution in [0.1, 0.15) is 82.3 Å². The maximum Gasteiger partial charge on any atom is 0.239 e. The predicted octanol–water partition coefficient (Wildman–Crippen LogP) is 4.25. The van der Waals surface area contributed by atoms with Crippen molar-refractivity contribution in [3.05, 3.63) is 35.5 Å². The predicted molar refractivity (Wildman–Crippen MR) is 157 cm³/mol. The van der Waals surface area contributed by atoms with Crippen LogP contribution in [0, 0.1) is 12.3 Å². The molecular weight excluding hydrogens is 538 g/mol. The number of hydrogen-bond donors (Lipinski definition) is 2. The van der Waals surface area contributed by atoms with E-state index in [0.717, 1.165) is 81.3 Å². The molecule has 3 heterocycles. The molecule has 1 saturated heterocycles. The number of likely N-dealkylation sites (tertiary alicyclic amines) is 1. The summed E-state index contributed by atoms with van der Waals surface area (Å²) in [6, 6.07) is 5.37. The lowest BCUT2D eigenvalue weighted by atomic mass is 9.57. The number of anilines is 3. The molecule has 10 heteroatoms. The number of nitrogens with one attached hydrogen (secondary N) is 1. The number of nitrogens with zero attached hydrogens (tertiary/aromatic N) is 4. The first-order chi connectivity index (χ1) is 19.4. The summed E-state index contributed by atoms with van der Waals surface area (Å²) in [6.07, 6.45) is 10.3. The SMILES string of the molecule is Cc1cc(S(=O)(=O)C2CC3(CCN(C)CC3)C2)ccc1Nc1ncc2c(n1)N(C1CCCC1)C(=O)C21CC(C)(O)C1. The molecule has 41 heavy (non-hydrogen) atoms. The van der Waals surface area contributed by atoms with Gasteiger partial charge in [-0.05, 0) is 115 Å². The molecule has 2 spiro atoms. The van der Waals surface area contributed by atoms with Crippen molar-refractivity contribution in [3.63, 3.8) is 0 Å². The highest BCUT2D eigenvalue weighted by Gasteiger charge is 2.64. The van der Waals surface area contributed by atoms with E-state index in [2.05, 4.69) is 22.2 Å². The normalized spacial score (nSPS) is 25.4. The highest BCUT2D eigenvalue weighted by atomic mass is 32.2. The fourth-order valence-electron chi connectivity index (χ4n) is 8.38. The van der Waals surface area contributed by atoms with Crippen LogP contribution in [0.2, 0.25) is 0 Å². The van der Waals surface area contributed by atoms with Crippen LogP contribution >= 0.6 is 0 Å². The van der Waals surface area contributed by atoms with Crippen molar-refractivity contribution in [2.24, 2.45) is 5.41 Å². The molecule has 3 saturated carbocycles. The third-order valence-corrected chi connectivity index (χ3v) is 12.9. The molecule has 0 radical (unpaired) electrons. The Morgan fingerprint density at radius 2 is 1.78 bits per heavy atom. The number of amides is 1. The fraction of sp³-hybridized carbons (Fsp3) is 0.645. The van der Waals surface area contributed by atoms with Gasteiger partial charge >= 0.3 is 0 Å². The van der Waals surface area contributed by atoms with Crippen molar-refractivity contribution in [1.82, 2.24) is 14.9 Å². The van der Waals surface area contributed by atoms with E-state index in [1.54, 1.807) is 31.3 Å². The van der Waals surface area contributed by atoms with Crippen molar-refractivity contribution >= 4 is 33.2 Å². The highest BCUT2D eigenvalue weighted by molar-refractivity contribution is 7.92. The minimum atomic E-state index is -3.39. The zero-order chi connectivity index (χ0) is 28.8. The molecule has 1 amide bonds. The number of rotatable bonds is 5. The largest absolute Gasteiger partial charge is 0.390 e. The number of aryl methyl sites for hydroxylation is 1. The monoisotopic (exact) mass is 579 g/mol. The number of fused-ring (bicyclic) bond motifs is 2. The van der Waals surface area contributed by atoms with E-state index in [1.807, 2.05) is 11.8 Å². The van der Waals surface area contributed by atoms with Gasteiger partial charge in [0.25, 0.3) is 0 Å². The van der Waals surface area contributed by atoms with Crippen LogP contribution < -0.4 is 10.2 Å². The molecule has 220 valence electrons. The number of carbonyl (C=O) groups excluding carboxylic acids is 1. The van der Waals surface area contributed by atoms with Crippen molar-refractivity contribution in [2.45, 2.75) is 105 Å². The number of piperidine rings is 1. The molecule has 2 N–H and O–H groups in total. The molecule has 1 aromatic heterocycles. The molecular formula is C31H41N5O4S. The summed E-state index contributed by atoms with van der Waals surface area (Å²) in [5, 5.41) is 13.5. The Bertz CT molecular complexity index is 1490. The van der Waals surface area contributed by atoms with Gasteiger partial charge in [0.2, 0.25) is 11.9 Å². The van der Waals surface area contributed by atoms with Crippen LogP contribution in [-0.2, 0) is 20.0 Å². The average Bonchev–Trinajstić information content (AvgIpc) is 3.49. The standard InChI is InChI=1S/C31H41N5O4S/c1-20-14-22(41(39,40)23-15-30(16-23)10-12-35(3)13-11-30)8-9-25(20)33-28-32-17-24-26(34-28)36(21-6-4-5-7-21)27(37)31(24)18-29(2,38)19-31/h8-9,14,17,21,23,38H,4-7,10-13,15-16,18-19H2,1-3H3,(H,32,33,34). The Morgan fingerprint density at radius 1 is 1.10 bits per heavy atom. The van der Waals surface area contributed by atoms with Crippen LogP contribution in [0.25, 0.3) is 0 Å². The van der Waals surface area contributed by atoms with E-state index in [0.29, 0.717) is 29.5 Å². The summed E-state index contributed by atoms with van der Waals surface area (Å²) >= 11 is 0. The zero-order valence-corrected chi connectivity index (χ0v) is 25.1. The Labute approximate surface area is 242 Å². The Hall–Kier alpha value is -2.56. The number of aromatic nitrogens is 2. The number of sulfone groups is 1. The van der Waals surface area contributed by atoms with Crippen LogP contribution in [0.4, 0.5) is 17.5 Å². The lowest BCUT2D eigenvalue weighted by Crippen LogP contribution is -2.58. The second-order valence-electron chi connectivity index (χ2n) is 14.0. The maximum absolute atomic E-state index is 13.8. The molecule has 0 atom stereocenters. The molecule has 2 aliphatic heterocycles. The molecule has 0 bridgehead atoms. The maximum atomic E-state index is 13.8. The summed E-state index contributed by atoms with van der Waals surface area (Å²) in [6.45, 7) is 5.77. The first kappa shape index (κ1) is 27.3. The van der Waals surface area contributed by atoms with E-state index < -0.39 is 20.9 Å². The van der Waals surface area contributed by atoms with E-state index in [4.69, 9.17) is 4.98 Å². The Balaban J connectivity index is 1.11. The van der Waals surface area contributed by atoms with E-state index in [1.165, 1.54) is 0 Å². The molecule has 1 aromatic carbocycles. The third-order valence-electron chi connectivity index (χ3n) is 10.8. The van der Waals surface area contributed by atoms with Crippen molar-refractivity contribution in [1.29, 1.82) is 0 Å². The summed E-state index contributed by atoms with van der Waals surface area (Å²) in [4.78, 5) is 27.8. The van der Waals surface area contributed by atoms with E-state index in [-0.39, 0.29) is 22.6 Å². The van der Waals surface area contributed by atoms with Gasteiger partial charge in [-0.1, -0.05) is 12.8 Å². The topological polar surface area (TPSA) is 116 Å². The third kappa shape index (κ3) is 4.31. The highest BCUT2D eigenvalue weighted by Crippen LogP contribution is 2.58. The molecule has 2 aromatic rings. The first-order valence-corrected chi connectivity index (χ1v) is 16.7. The smallest absolute Gasteiger partial charge is 0.239 e. The Morgan fingerprint density at radius 3 is 2.41 bits per heavy atom. The molecule has 7 rings (SSSR count). The van der Waals surface area contributed by atoms with Crippen LogP contribution in [0.15, 0.2) is 29.3 Å². The lowest BCUT2D eigenvalue weighted by molar-refractivity contribution is -0.140. The zero-order valence-electron chi connectivity index (χ0n) is 24.3. The molecule has 0 unspecified atom stereocenters. The minimum Gasteiger partial charge on any atom is -0.390 e. The van der Waals surface area contributed by atoms with Gasteiger partial charge in [0.05, 0.1) is 21.2 Å². The van der Waals surface area contributed by atoms with Crippen molar-refractivity contribution in [3.8, 4) is 0 Å².